The Morgan fingerprint density at radius 2 is 2.38 bits per heavy atom. The minimum absolute atomic E-state index is 0.448. The first-order valence-corrected chi connectivity index (χ1v) is 7.74. The van der Waals surface area contributed by atoms with E-state index in [4.69, 9.17) is 5.73 Å². The van der Waals surface area contributed by atoms with Crippen LogP contribution in [-0.4, -0.2) is 18.1 Å². The van der Waals surface area contributed by atoms with Crippen LogP contribution in [-0.2, 0) is 0 Å². The van der Waals surface area contributed by atoms with Crippen LogP contribution in [0.25, 0.3) is 0 Å². The minimum atomic E-state index is 0.448. The van der Waals surface area contributed by atoms with Gasteiger partial charge < -0.3 is 5.73 Å². The van der Waals surface area contributed by atoms with Crippen LogP contribution >= 0.6 is 27.7 Å². The van der Waals surface area contributed by atoms with Crippen molar-refractivity contribution in [2.45, 2.75) is 25.2 Å². The van der Waals surface area contributed by atoms with Crippen LogP contribution in [0.2, 0.25) is 0 Å². The van der Waals surface area contributed by atoms with Gasteiger partial charge in [0, 0.05) is 10.2 Å². The first-order valence-electron chi connectivity index (χ1n) is 5.79. The average molecular weight is 300 g/mol. The third kappa shape index (κ3) is 2.63. The molecular formula is C13H18BrNS. The lowest BCUT2D eigenvalue weighted by Crippen LogP contribution is -2.09. The van der Waals surface area contributed by atoms with Crippen molar-refractivity contribution in [3.8, 4) is 0 Å². The van der Waals surface area contributed by atoms with Crippen LogP contribution < -0.4 is 5.73 Å². The van der Waals surface area contributed by atoms with Crippen LogP contribution in [0.3, 0.4) is 0 Å². The molecule has 1 saturated heterocycles. The van der Waals surface area contributed by atoms with Crippen LogP contribution in [0.5, 0.6) is 0 Å². The van der Waals surface area contributed by atoms with Gasteiger partial charge in [-0.3, -0.25) is 0 Å². The van der Waals surface area contributed by atoms with Gasteiger partial charge >= 0.3 is 0 Å². The first-order chi connectivity index (χ1) is 7.72. The van der Waals surface area contributed by atoms with Crippen LogP contribution in [0.4, 0.5) is 0 Å². The lowest BCUT2D eigenvalue weighted by Gasteiger charge is -2.15. The molecule has 1 aromatic rings. The van der Waals surface area contributed by atoms with Crippen molar-refractivity contribution in [3.05, 3.63) is 33.8 Å². The van der Waals surface area contributed by atoms with E-state index >= 15 is 0 Å². The topological polar surface area (TPSA) is 26.0 Å². The Kier molecular flexibility index (Phi) is 4.34. The molecule has 0 amide bonds. The second-order valence-corrected chi connectivity index (χ2v) is 6.48. The highest BCUT2D eigenvalue weighted by Gasteiger charge is 2.20. The van der Waals surface area contributed by atoms with Crippen molar-refractivity contribution < 1.29 is 0 Å². The van der Waals surface area contributed by atoms with Crippen LogP contribution in [0.15, 0.2) is 22.7 Å². The molecule has 0 aromatic heterocycles. The lowest BCUT2D eigenvalue weighted by molar-refractivity contribution is 0.758. The number of thioether (sulfide) groups is 1. The van der Waals surface area contributed by atoms with E-state index in [9.17, 15) is 0 Å². The van der Waals surface area contributed by atoms with Crippen molar-refractivity contribution in [2.75, 3.05) is 18.1 Å². The number of halogens is 1. The third-order valence-electron chi connectivity index (χ3n) is 3.32. The molecule has 2 rings (SSSR count). The number of nitrogens with two attached hydrogens (primary N) is 1. The maximum absolute atomic E-state index is 5.70. The minimum Gasteiger partial charge on any atom is -0.330 e. The highest BCUT2D eigenvalue weighted by molar-refractivity contribution is 9.10. The molecule has 0 bridgehead atoms. The predicted molar refractivity (Wildman–Crippen MR) is 76.3 cm³/mol. The van der Waals surface area contributed by atoms with Crippen molar-refractivity contribution in [3.63, 3.8) is 0 Å². The molecule has 16 heavy (non-hydrogen) atoms. The summed E-state index contributed by atoms with van der Waals surface area (Å²) in [5.41, 5.74) is 8.50. The van der Waals surface area contributed by atoms with E-state index in [1.807, 2.05) is 0 Å². The molecule has 1 fully saturated rings. The van der Waals surface area contributed by atoms with Gasteiger partial charge in [0.05, 0.1) is 0 Å². The van der Waals surface area contributed by atoms with Gasteiger partial charge in [-0.05, 0) is 47.7 Å². The number of hydrogen-bond acceptors (Lipinski definition) is 2. The van der Waals surface area contributed by atoms with E-state index in [1.165, 1.54) is 33.5 Å². The van der Waals surface area contributed by atoms with Gasteiger partial charge in [-0.2, -0.15) is 11.8 Å². The highest BCUT2D eigenvalue weighted by atomic mass is 79.9. The number of hydrogen-bond donors (Lipinski definition) is 1. The molecule has 2 N–H and O–H groups in total. The van der Waals surface area contributed by atoms with Gasteiger partial charge in [-0.25, -0.2) is 0 Å². The fraction of sp³-hybridized carbons (Fsp3) is 0.538. The predicted octanol–water partition coefficient (Wildman–Crippen LogP) is 3.73. The Hall–Kier alpha value is 0.01000. The molecule has 0 aliphatic carbocycles. The molecule has 0 saturated carbocycles. The number of benzene rings is 1. The summed E-state index contributed by atoms with van der Waals surface area (Å²) in [5, 5.41) is 0. The Balaban J connectivity index is 2.22. The maximum atomic E-state index is 5.70. The van der Waals surface area contributed by atoms with Gasteiger partial charge in [0.25, 0.3) is 0 Å². The van der Waals surface area contributed by atoms with Crippen LogP contribution in [0, 0.1) is 0 Å². The van der Waals surface area contributed by atoms with Gasteiger partial charge in [-0.1, -0.05) is 35.0 Å². The summed E-state index contributed by atoms with van der Waals surface area (Å²) in [7, 11) is 0. The summed E-state index contributed by atoms with van der Waals surface area (Å²) in [6.45, 7) is 2.89. The maximum Gasteiger partial charge on any atom is 0.0213 e. The lowest BCUT2D eigenvalue weighted by atomic mass is 9.94. The highest BCUT2D eigenvalue weighted by Crippen LogP contribution is 2.37. The molecule has 88 valence electrons. The quantitative estimate of drug-likeness (QED) is 0.920. The zero-order valence-corrected chi connectivity index (χ0v) is 12.0. The average Bonchev–Trinajstić information content (AvgIpc) is 2.81. The largest absolute Gasteiger partial charge is 0.330 e. The van der Waals surface area contributed by atoms with E-state index in [-0.39, 0.29) is 0 Å². The van der Waals surface area contributed by atoms with Gasteiger partial charge in [0.15, 0.2) is 0 Å². The van der Waals surface area contributed by atoms with Gasteiger partial charge in [0.2, 0.25) is 0 Å². The Morgan fingerprint density at radius 3 is 2.94 bits per heavy atom. The molecule has 1 heterocycles. The summed E-state index contributed by atoms with van der Waals surface area (Å²) in [6.07, 6.45) is 1.31. The second-order valence-electron chi connectivity index (χ2n) is 4.48. The van der Waals surface area contributed by atoms with Gasteiger partial charge in [0.1, 0.15) is 0 Å². The number of rotatable bonds is 3. The van der Waals surface area contributed by atoms with Crippen molar-refractivity contribution in [2.24, 2.45) is 5.73 Å². The van der Waals surface area contributed by atoms with E-state index in [0.717, 1.165) is 5.92 Å². The normalized spacial score (nSPS) is 22.3. The summed E-state index contributed by atoms with van der Waals surface area (Å²) in [6, 6.07) is 6.76. The molecule has 0 radical (unpaired) electrons. The Bertz CT molecular complexity index is 361. The fourth-order valence-electron chi connectivity index (χ4n) is 2.10. The molecular weight excluding hydrogens is 282 g/mol. The Morgan fingerprint density at radius 1 is 1.56 bits per heavy atom. The zero-order valence-electron chi connectivity index (χ0n) is 9.58. The summed E-state index contributed by atoms with van der Waals surface area (Å²) in [5.74, 6) is 3.76. The fourth-order valence-corrected chi connectivity index (χ4v) is 4.07. The smallest absolute Gasteiger partial charge is 0.0213 e. The molecule has 1 aromatic carbocycles. The first kappa shape index (κ1) is 12.5. The van der Waals surface area contributed by atoms with Crippen molar-refractivity contribution in [1.82, 2.24) is 0 Å². The zero-order chi connectivity index (χ0) is 11.5. The van der Waals surface area contributed by atoms with Crippen molar-refractivity contribution in [1.29, 1.82) is 0 Å². The summed E-state index contributed by atoms with van der Waals surface area (Å²) < 4.78 is 1.26. The molecule has 1 aliphatic heterocycles. The third-order valence-corrected chi connectivity index (χ3v) is 5.17. The van der Waals surface area contributed by atoms with Crippen LogP contribution in [0.1, 0.15) is 36.3 Å². The van der Waals surface area contributed by atoms with Crippen molar-refractivity contribution >= 4 is 27.7 Å². The standard InChI is InChI=1S/C13H18BrNS/c1-9(7-15)10-2-3-12(13(14)6-10)11-4-5-16-8-11/h2-3,6,9,11H,4-5,7-8,15H2,1H3. The monoisotopic (exact) mass is 299 g/mol. The van der Waals surface area contributed by atoms with Gasteiger partial charge in [-0.15, -0.1) is 0 Å². The van der Waals surface area contributed by atoms with E-state index in [1.54, 1.807) is 0 Å². The van der Waals surface area contributed by atoms with E-state index in [0.29, 0.717) is 12.5 Å². The Labute approximate surface area is 110 Å². The molecule has 1 nitrogen and oxygen atoms in total. The molecule has 1 aliphatic rings. The SMILES string of the molecule is CC(CN)c1ccc(C2CCSC2)c(Br)c1. The summed E-state index contributed by atoms with van der Waals surface area (Å²) >= 11 is 5.76. The second kappa shape index (κ2) is 5.56. The summed E-state index contributed by atoms with van der Waals surface area (Å²) in [4.78, 5) is 0. The van der Waals surface area contributed by atoms with E-state index in [2.05, 4.69) is 52.8 Å². The molecule has 0 spiro atoms. The molecule has 3 heteroatoms. The molecule has 2 atom stereocenters. The molecule has 2 unspecified atom stereocenters. The van der Waals surface area contributed by atoms with E-state index < -0.39 is 0 Å².